The van der Waals surface area contributed by atoms with Crippen LogP contribution in [0.2, 0.25) is 0 Å². The second-order valence-electron chi connectivity index (χ2n) is 4.14. The van der Waals surface area contributed by atoms with Gasteiger partial charge in [-0.2, -0.15) is 0 Å². The van der Waals surface area contributed by atoms with Crippen LogP contribution in [0.4, 0.5) is 0 Å². The molecule has 1 saturated heterocycles. The summed E-state index contributed by atoms with van der Waals surface area (Å²) in [6.45, 7) is 2.06. The standard InChI is InChI=1S/C10H17NO2/c1-13-10(12)9(7-2-3-7)8-4-5-11-6-8/h7-9,11H,2-6H2,1H3. The van der Waals surface area contributed by atoms with Crippen LogP contribution in [0.3, 0.4) is 0 Å². The Morgan fingerprint density at radius 1 is 1.38 bits per heavy atom. The van der Waals surface area contributed by atoms with Crippen LogP contribution in [0.1, 0.15) is 19.3 Å². The van der Waals surface area contributed by atoms with Crippen molar-refractivity contribution in [1.82, 2.24) is 5.32 Å². The van der Waals surface area contributed by atoms with E-state index in [9.17, 15) is 4.79 Å². The Kier molecular flexibility index (Phi) is 2.54. The van der Waals surface area contributed by atoms with Crippen molar-refractivity contribution >= 4 is 5.97 Å². The monoisotopic (exact) mass is 183 g/mol. The molecule has 3 nitrogen and oxygen atoms in total. The number of nitrogens with one attached hydrogen (secondary N) is 1. The fraction of sp³-hybridized carbons (Fsp3) is 0.900. The van der Waals surface area contributed by atoms with E-state index in [0.29, 0.717) is 11.8 Å². The summed E-state index contributed by atoms with van der Waals surface area (Å²) in [5.74, 6) is 1.34. The highest BCUT2D eigenvalue weighted by molar-refractivity contribution is 5.73. The van der Waals surface area contributed by atoms with Gasteiger partial charge in [0.25, 0.3) is 0 Å². The van der Waals surface area contributed by atoms with Crippen LogP contribution in [0.15, 0.2) is 0 Å². The molecule has 2 aliphatic rings. The van der Waals surface area contributed by atoms with Gasteiger partial charge in [0.15, 0.2) is 0 Å². The molecule has 2 fully saturated rings. The van der Waals surface area contributed by atoms with E-state index in [4.69, 9.17) is 4.74 Å². The lowest BCUT2D eigenvalue weighted by atomic mass is 9.87. The number of carbonyl (C=O) groups excluding carboxylic acids is 1. The zero-order chi connectivity index (χ0) is 9.26. The zero-order valence-corrected chi connectivity index (χ0v) is 8.08. The van der Waals surface area contributed by atoms with Crippen LogP contribution in [0.25, 0.3) is 0 Å². The number of hydrogen-bond donors (Lipinski definition) is 1. The molecule has 2 rings (SSSR count). The van der Waals surface area contributed by atoms with Crippen LogP contribution in [0.5, 0.6) is 0 Å². The number of hydrogen-bond acceptors (Lipinski definition) is 3. The van der Waals surface area contributed by atoms with Crippen molar-refractivity contribution in [3.63, 3.8) is 0 Å². The van der Waals surface area contributed by atoms with Gasteiger partial charge in [-0.1, -0.05) is 0 Å². The largest absolute Gasteiger partial charge is 0.469 e. The molecule has 2 atom stereocenters. The third-order valence-corrected chi connectivity index (χ3v) is 3.21. The maximum absolute atomic E-state index is 11.5. The van der Waals surface area contributed by atoms with Gasteiger partial charge in [0.1, 0.15) is 0 Å². The maximum atomic E-state index is 11.5. The SMILES string of the molecule is COC(=O)C(C1CC1)C1CCNC1. The average molecular weight is 183 g/mol. The van der Waals surface area contributed by atoms with Crippen LogP contribution >= 0.6 is 0 Å². The molecule has 0 spiro atoms. The van der Waals surface area contributed by atoms with Gasteiger partial charge in [-0.05, 0) is 44.2 Å². The molecule has 13 heavy (non-hydrogen) atoms. The Morgan fingerprint density at radius 2 is 2.15 bits per heavy atom. The molecule has 0 aromatic carbocycles. The van der Waals surface area contributed by atoms with E-state index < -0.39 is 0 Å². The lowest BCUT2D eigenvalue weighted by Crippen LogP contribution is -2.28. The summed E-state index contributed by atoms with van der Waals surface area (Å²) in [6, 6.07) is 0. The molecule has 1 saturated carbocycles. The molecule has 0 radical (unpaired) electrons. The average Bonchev–Trinajstić information content (AvgIpc) is 2.81. The van der Waals surface area contributed by atoms with Crippen molar-refractivity contribution in [3.8, 4) is 0 Å². The lowest BCUT2D eigenvalue weighted by molar-refractivity contribution is -0.148. The summed E-state index contributed by atoms with van der Waals surface area (Å²) in [4.78, 5) is 11.5. The molecular formula is C10H17NO2. The van der Waals surface area contributed by atoms with Crippen molar-refractivity contribution in [1.29, 1.82) is 0 Å². The van der Waals surface area contributed by atoms with Crippen LogP contribution in [-0.4, -0.2) is 26.2 Å². The quantitative estimate of drug-likeness (QED) is 0.658. The number of ether oxygens (including phenoxy) is 1. The van der Waals surface area contributed by atoms with Gasteiger partial charge in [-0.25, -0.2) is 0 Å². The van der Waals surface area contributed by atoms with Crippen LogP contribution in [0, 0.1) is 17.8 Å². The number of carbonyl (C=O) groups is 1. The van der Waals surface area contributed by atoms with Gasteiger partial charge in [0.2, 0.25) is 0 Å². The van der Waals surface area contributed by atoms with Crippen molar-refractivity contribution in [2.45, 2.75) is 19.3 Å². The Bertz CT molecular complexity index is 195. The minimum absolute atomic E-state index is 0.0104. The first-order valence-electron chi connectivity index (χ1n) is 5.11. The fourth-order valence-corrected chi connectivity index (χ4v) is 2.34. The van der Waals surface area contributed by atoms with Crippen LogP contribution in [-0.2, 0) is 9.53 Å². The topological polar surface area (TPSA) is 38.3 Å². The Hall–Kier alpha value is -0.570. The third-order valence-electron chi connectivity index (χ3n) is 3.21. The second-order valence-corrected chi connectivity index (χ2v) is 4.14. The number of methoxy groups -OCH3 is 1. The number of esters is 1. The van der Waals surface area contributed by atoms with E-state index in [1.807, 2.05) is 0 Å². The van der Waals surface area contributed by atoms with E-state index in [-0.39, 0.29) is 11.9 Å². The summed E-state index contributed by atoms with van der Waals surface area (Å²) in [7, 11) is 1.50. The molecule has 1 N–H and O–H groups in total. The first-order valence-corrected chi connectivity index (χ1v) is 5.11. The van der Waals surface area contributed by atoms with E-state index in [0.717, 1.165) is 19.5 Å². The molecule has 74 valence electrons. The molecule has 1 heterocycles. The molecule has 2 unspecified atom stereocenters. The molecular weight excluding hydrogens is 166 g/mol. The lowest BCUT2D eigenvalue weighted by Gasteiger charge is -2.19. The highest BCUT2D eigenvalue weighted by Crippen LogP contribution is 2.42. The van der Waals surface area contributed by atoms with E-state index in [1.165, 1.54) is 20.0 Å². The third kappa shape index (κ3) is 1.85. The molecule has 1 aliphatic heterocycles. The fourth-order valence-electron chi connectivity index (χ4n) is 2.34. The summed E-state index contributed by atoms with van der Waals surface area (Å²) in [5.41, 5.74) is 0. The summed E-state index contributed by atoms with van der Waals surface area (Å²) >= 11 is 0. The molecule has 0 bridgehead atoms. The van der Waals surface area contributed by atoms with E-state index in [2.05, 4.69) is 5.32 Å². The molecule has 3 heteroatoms. The Morgan fingerprint density at radius 3 is 2.62 bits per heavy atom. The minimum atomic E-state index is 0.0104. The van der Waals surface area contributed by atoms with Crippen molar-refractivity contribution < 1.29 is 9.53 Å². The normalized spacial score (nSPS) is 30.1. The predicted octanol–water partition coefficient (Wildman–Crippen LogP) is 0.795. The maximum Gasteiger partial charge on any atom is 0.309 e. The highest BCUT2D eigenvalue weighted by Gasteiger charge is 2.42. The van der Waals surface area contributed by atoms with E-state index >= 15 is 0 Å². The zero-order valence-electron chi connectivity index (χ0n) is 8.08. The van der Waals surface area contributed by atoms with Gasteiger partial charge in [0, 0.05) is 0 Å². The van der Waals surface area contributed by atoms with Crippen molar-refractivity contribution in [2.75, 3.05) is 20.2 Å². The van der Waals surface area contributed by atoms with Gasteiger partial charge >= 0.3 is 5.97 Å². The summed E-state index contributed by atoms with van der Waals surface area (Å²) in [5, 5.41) is 3.31. The molecule has 0 amide bonds. The highest BCUT2D eigenvalue weighted by atomic mass is 16.5. The first-order chi connectivity index (χ1) is 6.33. The Labute approximate surface area is 78.8 Å². The van der Waals surface area contributed by atoms with E-state index in [1.54, 1.807) is 0 Å². The summed E-state index contributed by atoms with van der Waals surface area (Å²) < 4.78 is 4.86. The van der Waals surface area contributed by atoms with Gasteiger partial charge in [-0.15, -0.1) is 0 Å². The van der Waals surface area contributed by atoms with Crippen LogP contribution < -0.4 is 5.32 Å². The summed E-state index contributed by atoms with van der Waals surface area (Å²) in [6.07, 6.45) is 3.57. The minimum Gasteiger partial charge on any atom is -0.469 e. The smallest absolute Gasteiger partial charge is 0.309 e. The first kappa shape index (κ1) is 9.00. The van der Waals surface area contributed by atoms with Gasteiger partial charge in [-0.3, -0.25) is 4.79 Å². The molecule has 1 aliphatic carbocycles. The number of rotatable bonds is 3. The Balaban J connectivity index is 1.99. The second kappa shape index (κ2) is 3.66. The van der Waals surface area contributed by atoms with Gasteiger partial charge < -0.3 is 10.1 Å². The molecule has 0 aromatic rings. The molecule has 0 aromatic heterocycles. The predicted molar refractivity (Wildman–Crippen MR) is 49.2 cm³/mol. The van der Waals surface area contributed by atoms with Crippen molar-refractivity contribution in [3.05, 3.63) is 0 Å². The van der Waals surface area contributed by atoms with Gasteiger partial charge in [0.05, 0.1) is 13.0 Å². The van der Waals surface area contributed by atoms with Crippen molar-refractivity contribution in [2.24, 2.45) is 17.8 Å².